The quantitative estimate of drug-likeness (QED) is 0.865. The van der Waals surface area contributed by atoms with Crippen molar-refractivity contribution in [3.63, 3.8) is 0 Å². The van der Waals surface area contributed by atoms with Crippen molar-refractivity contribution in [2.24, 2.45) is 5.41 Å². The van der Waals surface area contributed by atoms with Crippen molar-refractivity contribution >= 4 is 0 Å². The average molecular weight is 328 g/mol. The number of hydrogen-bond acceptors (Lipinski definition) is 4. The van der Waals surface area contributed by atoms with Crippen LogP contribution >= 0.6 is 0 Å². The Morgan fingerprint density at radius 1 is 1.12 bits per heavy atom. The van der Waals surface area contributed by atoms with Crippen LogP contribution in [0.4, 0.5) is 0 Å². The maximum atomic E-state index is 6.45. The number of rotatable bonds is 4. The zero-order valence-electron chi connectivity index (χ0n) is 15.1. The van der Waals surface area contributed by atoms with Crippen LogP contribution in [-0.2, 0) is 11.3 Å². The van der Waals surface area contributed by atoms with Gasteiger partial charge in [-0.05, 0) is 17.9 Å². The Morgan fingerprint density at radius 3 is 2.50 bits per heavy atom. The SMILES string of the molecule is Cc1nncn1CCN1C[C@@H](c2ccccc2)O[C@@H](C(C)(C)C)C1. The molecule has 1 saturated heterocycles. The molecule has 5 nitrogen and oxygen atoms in total. The highest BCUT2D eigenvalue weighted by Gasteiger charge is 2.35. The van der Waals surface area contributed by atoms with Gasteiger partial charge in [0.15, 0.2) is 0 Å². The Labute approximate surface area is 144 Å². The van der Waals surface area contributed by atoms with Crippen LogP contribution in [0.2, 0.25) is 0 Å². The number of aromatic nitrogens is 3. The number of benzene rings is 1. The van der Waals surface area contributed by atoms with E-state index in [1.165, 1.54) is 5.56 Å². The Hall–Kier alpha value is -1.72. The molecule has 2 aromatic rings. The van der Waals surface area contributed by atoms with Crippen LogP contribution in [-0.4, -0.2) is 45.4 Å². The summed E-state index contributed by atoms with van der Waals surface area (Å²) in [6, 6.07) is 10.6. The Bertz CT molecular complexity index is 647. The molecule has 1 fully saturated rings. The van der Waals surface area contributed by atoms with E-state index < -0.39 is 0 Å². The van der Waals surface area contributed by atoms with Crippen LogP contribution in [0, 0.1) is 12.3 Å². The molecule has 0 N–H and O–H groups in total. The van der Waals surface area contributed by atoms with Crippen molar-refractivity contribution in [2.75, 3.05) is 19.6 Å². The lowest BCUT2D eigenvalue weighted by Gasteiger charge is -2.43. The molecule has 130 valence electrons. The van der Waals surface area contributed by atoms with Gasteiger partial charge in [0.25, 0.3) is 0 Å². The minimum absolute atomic E-state index is 0.123. The first kappa shape index (κ1) is 17.1. The van der Waals surface area contributed by atoms with Gasteiger partial charge in [0.1, 0.15) is 12.2 Å². The molecule has 0 aliphatic carbocycles. The fourth-order valence-corrected chi connectivity index (χ4v) is 3.12. The van der Waals surface area contributed by atoms with Crippen LogP contribution in [0.1, 0.15) is 38.3 Å². The van der Waals surface area contributed by atoms with E-state index in [0.717, 1.165) is 32.0 Å². The molecule has 1 aromatic heterocycles. The molecule has 2 atom stereocenters. The minimum Gasteiger partial charge on any atom is -0.367 e. The molecule has 3 rings (SSSR count). The summed E-state index contributed by atoms with van der Waals surface area (Å²) in [6.07, 6.45) is 2.16. The molecule has 0 saturated carbocycles. The first-order valence-corrected chi connectivity index (χ1v) is 8.70. The normalized spacial score (nSPS) is 22.7. The summed E-state index contributed by atoms with van der Waals surface area (Å²) in [7, 11) is 0. The van der Waals surface area contributed by atoms with Crippen molar-refractivity contribution in [1.29, 1.82) is 0 Å². The Morgan fingerprint density at radius 2 is 1.88 bits per heavy atom. The van der Waals surface area contributed by atoms with Crippen LogP contribution in [0.15, 0.2) is 36.7 Å². The highest BCUT2D eigenvalue weighted by molar-refractivity contribution is 5.18. The molecule has 5 heteroatoms. The number of aryl methyl sites for hydroxylation is 1. The molecule has 1 aliphatic heterocycles. The highest BCUT2D eigenvalue weighted by atomic mass is 16.5. The third-order valence-electron chi connectivity index (χ3n) is 4.78. The third-order valence-corrected chi connectivity index (χ3v) is 4.78. The second-order valence-corrected chi connectivity index (χ2v) is 7.72. The monoisotopic (exact) mass is 328 g/mol. The van der Waals surface area contributed by atoms with Gasteiger partial charge in [-0.15, -0.1) is 10.2 Å². The number of morpholine rings is 1. The van der Waals surface area contributed by atoms with E-state index in [2.05, 4.69) is 70.8 Å². The van der Waals surface area contributed by atoms with Gasteiger partial charge < -0.3 is 9.30 Å². The fourth-order valence-electron chi connectivity index (χ4n) is 3.12. The summed E-state index contributed by atoms with van der Waals surface area (Å²) in [6.45, 7) is 12.6. The molecule has 1 aliphatic rings. The van der Waals surface area contributed by atoms with Crippen molar-refractivity contribution in [3.8, 4) is 0 Å². The van der Waals surface area contributed by atoms with Crippen molar-refractivity contribution in [3.05, 3.63) is 48.0 Å². The summed E-state index contributed by atoms with van der Waals surface area (Å²) in [5, 5.41) is 8.04. The second kappa shape index (κ2) is 7.03. The van der Waals surface area contributed by atoms with Gasteiger partial charge in [-0.1, -0.05) is 51.1 Å². The second-order valence-electron chi connectivity index (χ2n) is 7.72. The fraction of sp³-hybridized carbons (Fsp3) is 0.579. The van der Waals surface area contributed by atoms with Crippen LogP contribution in [0.3, 0.4) is 0 Å². The summed E-state index contributed by atoms with van der Waals surface area (Å²) in [4.78, 5) is 2.51. The van der Waals surface area contributed by atoms with E-state index >= 15 is 0 Å². The predicted molar refractivity (Wildman–Crippen MR) is 94.7 cm³/mol. The average Bonchev–Trinajstić information content (AvgIpc) is 2.98. The molecule has 0 bridgehead atoms. The zero-order chi connectivity index (χ0) is 17.2. The lowest BCUT2D eigenvalue weighted by molar-refractivity contribution is -0.129. The van der Waals surface area contributed by atoms with E-state index in [1.807, 2.05) is 13.3 Å². The molecule has 0 amide bonds. The lowest BCUT2D eigenvalue weighted by Crippen LogP contribution is -2.49. The summed E-state index contributed by atoms with van der Waals surface area (Å²) >= 11 is 0. The molecule has 24 heavy (non-hydrogen) atoms. The molecule has 2 heterocycles. The maximum absolute atomic E-state index is 6.45. The largest absolute Gasteiger partial charge is 0.367 e. The van der Waals surface area contributed by atoms with Crippen molar-refractivity contribution < 1.29 is 4.74 Å². The molecule has 1 aromatic carbocycles. The molecule has 0 spiro atoms. The van der Waals surface area contributed by atoms with E-state index in [4.69, 9.17) is 4.74 Å². The smallest absolute Gasteiger partial charge is 0.129 e. The summed E-state index contributed by atoms with van der Waals surface area (Å²) < 4.78 is 8.56. The Kier molecular flexibility index (Phi) is 5.01. The lowest BCUT2D eigenvalue weighted by atomic mass is 9.87. The Balaban J connectivity index is 1.72. The van der Waals surface area contributed by atoms with Gasteiger partial charge in [0.05, 0.1) is 12.2 Å². The van der Waals surface area contributed by atoms with E-state index in [-0.39, 0.29) is 17.6 Å². The van der Waals surface area contributed by atoms with E-state index in [9.17, 15) is 0 Å². The summed E-state index contributed by atoms with van der Waals surface area (Å²) in [5.74, 6) is 0.968. The van der Waals surface area contributed by atoms with Crippen LogP contribution in [0.5, 0.6) is 0 Å². The van der Waals surface area contributed by atoms with Crippen LogP contribution < -0.4 is 0 Å². The number of hydrogen-bond donors (Lipinski definition) is 0. The topological polar surface area (TPSA) is 43.2 Å². The number of ether oxygens (including phenoxy) is 1. The minimum atomic E-state index is 0.123. The predicted octanol–water partition coefficient (Wildman–Crippen LogP) is 3.07. The van der Waals surface area contributed by atoms with Gasteiger partial charge in [0, 0.05) is 26.2 Å². The summed E-state index contributed by atoms with van der Waals surface area (Å²) in [5.41, 5.74) is 1.38. The van der Waals surface area contributed by atoms with Crippen molar-refractivity contribution in [2.45, 2.75) is 46.4 Å². The maximum Gasteiger partial charge on any atom is 0.129 e. The number of nitrogens with zero attached hydrogens (tertiary/aromatic N) is 4. The van der Waals surface area contributed by atoms with Gasteiger partial charge >= 0.3 is 0 Å². The van der Waals surface area contributed by atoms with Gasteiger partial charge in [-0.2, -0.15) is 0 Å². The standard InChI is InChI=1S/C19H28N4O/c1-15-21-20-14-23(15)11-10-22-12-17(16-8-6-5-7-9-16)24-18(13-22)19(2,3)4/h5-9,14,17-18H,10-13H2,1-4H3/t17-,18+/m0/s1. The van der Waals surface area contributed by atoms with E-state index in [0.29, 0.717) is 0 Å². The zero-order valence-corrected chi connectivity index (χ0v) is 15.1. The molecular weight excluding hydrogens is 300 g/mol. The molecule has 0 radical (unpaired) electrons. The van der Waals surface area contributed by atoms with Crippen molar-refractivity contribution in [1.82, 2.24) is 19.7 Å². The molecule has 0 unspecified atom stereocenters. The van der Waals surface area contributed by atoms with Gasteiger partial charge in [0.2, 0.25) is 0 Å². The van der Waals surface area contributed by atoms with Gasteiger partial charge in [-0.25, -0.2) is 0 Å². The van der Waals surface area contributed by atoms with Crippen LogP contribution in [0.25, 0.3) is 0 Å². The molecular formula is C19H28N4O. The third kappa shape index (κ3) is 4.02. The first-order valence-electron chi connectivity index (χ1n) is 8.70. The van der Waals surface area contributed by atoms with Gasteiger partial charge in [-0.3, -0.25) is 4.90 Å². The highest BCUT2D eigenvalue weighted by Crippen LogP contribution is 2.33. The first-order chi connectivity index (χ1) is 11.4. The van der Waals surface area contributed by atoms with E-state index in [1.54, 1.807) is 0 Å².